The standard InChI is InChI=1S/C42H46N6O9/c49-36-14-13-35(40(51)47-36)48-41(52)33-9-4-10-34(38(33)42(48)53)46-37(50)15-18-54-20-22-56-24-25-57-23-21-55-19-17-44-39-30(12-11-29-6-2-1-3-7-29)26-32(28-45-39)31-8-5-16-43-27-31/h1-12,16,26-28,35,37,46,50H,13-15,17-25H2,(H,44,45)(H,47,49,51)/b12-11+. The molecule has 2 unspecified atom stereocenters. The number of aliphatic hydroxyl groups is 1. The van der Waals surface area contributed by atoms with E-state index in [2.05, 4.69) is 38.1 Å². The van der Waals surface area contributed by atoms with Crippen LogP contribution in [0.2, 0.25) is 0 Å². The number of aliphatic hydroxyl groups excluding tert-OH is 1. The Balaban J connectivity index is 0.805. The average Bonchev–Trinajstić information content (AvgIpc) is 3.48. The summed E-state index contributed by atoms with van der Waals surface area (Å²) in [5.74, 6) is -1.64. The molecule has 57 heavy (non-hydrogen) atoms. The number of hydrogen-bond acceptors (Lipinski definition) is 13. The average molecular weight is 779 g/mol. The summed E-state index contributed by atoms with van der Waals surface area (Å²) in [7, 11) is 0. The van der Waals surface area contributed by atoms with Crippen LogP contribution in [0.4, 0.5) is 11.5 Å². The fraction of sp³-hybridized carbons (Fsp3) is 0.333. The summed E-state index contributed by atoms with van der Waals surface area (Å²) >= 11 is 0. The fourth-order valence-electron chi connectivity index (χ4n) is 6.28. The van der Waals surface area contributed by atoms with E-state index in [9.17, 15) is 24.3 Å². The van der Waals surface area contributed by atoms with E-state index in [1.807, 2.05) is 60.9 Å². The molecule has 6 rings (SSSR count). The quantitative estimate of drug-likeness (QED) is 0.0509. The minimum atomic E-state index is -1.07. The fourth-order valence-corrected chi connectivity index (χ4v) is 6.28. The van der Waals surface area contributed by atoms with Crippen molar-refractivity contribution in [2.24, 2.45) is 0 Å². The van der Waals surface area contributed by atoms with Crippen LogP contribution < -0.4 is 16.0 Å². The van der Waals surface area contributed by atoms with E-state index in [0.29, 0.717) is 52.8 Å². The van der Waals surface area contributed by atoms with Gasteiger partial charge in [-0.25, -0.2) is 4.98 Å². The summed E-state index contributed by atoms with van der Waals surface area (Å²) < 4.78 is 22.5. The number of nitrogens with one attached hydrogen (secondary N) is 3. The number of carbonyl (C=O) groups excluding carboxylic acids is 4. The molecule has 4 amide bonds. The van der Waals surface area contributed by atoms with E-state index in [1.54, 1.807) is 18.3 Å². The smallest absolute Gasteiger partial charge is 0.264 e. The third-order valence-corrected chi connectivity index (χ3v) is 9.15. The molecule has 2 atom stereocenters. The van der Waals surface area contributed by atoms with Gasteiger partial charge in [-0.1, -0.05) is 54.6 Å². The molecule has 0 saturated carbocycles. The summed E-state index contributed by atoms with van der Waals surface area (Å²) in [6, 6.07) is 19.7. The molecular formula is C42H46N6O9. The first-order valence-electron chi connectivity index (χ1n) is 18.9. The number of anilines is 2. The third-order valence-electron chi connectivity index (χ3n) is 9.15. The number of aromatic nitrogens is 2. The van der Waals surface area contributed by atoms with Crippen LogP contribution in [0.3, 0.4) is 0 Å². The molecule has 0 aliphatic carbocycles. The number of piperidine rings is 1. The molecule has 15 nitrogen and oxygen atoms in total. The Morgan fingerprint density at radius 3 is 2.26 bits per heavy atom. The molecule has 0 spiro atoms. The molecule has 1 saturated heterocycles. The lowest BCUT2D eigenvalue weighted by molar-refractivity contribution is -0.136. The number of fused-ring (bicyclic) bond motifs is 1. The topological polar surface area (TPSA) is 191 Å². The maximum absolute atomic E-state index is 13.2. The van der Waals surface area contributed by atoms with Crippen molar-refractivity contribution in [3.8, 4) is 11.1 Å². The van der Waals surface area contributed by atoms with Gasteiger partial charge in [0.2, 0.25) is 11.8 Å². The van der Waals surface area contributed by atoms with Gasteiger partial charge in [-0.15, -0.1) is 0 Å². The normalized spacial score (nSPS) is 15.9. The van der Waals surface area contributed by atoms with Crippen molar-refractivity contribution >= 4 is 47.3 Å². The zero-order valence-corrected chi connectivity index (χ0v) is 31.4. The zero-order chi connectivity index (χ0) is 39.8. The first-order valence-corrected chi connectivity index (χ1v) is 18.9. The highest BCUT2D eigenvalue weighted by molar-refractivity contribution is 6.25. The number of carbonyl (C=O) groups is 4. The minimum Gasteiger partial charge on any atom is -0.379 e. The number of imide groups is 2. The van der Waals surface area contributed by atoms with Gasteiger partial charge in [-0.05, 0) is 36.2 Å². The molecule has 2 aromatic carbocycles. The summed E-state index contributed by atoms with van der Waals surface area (Å²) in [4.78, 5) is 59.9. The number of nitrogens with zero attached hydrogens (tertiary/aromatic N) is 3. The monoisotopic (exact) mass is 778 g/mol. The summed E-state index contributed by atoms with van der Waals surface area (Å²) in [5.41, 5.74) is 4.48. The number of amides is 4. The predicted molar refractivity (Wildman–Crippen MR) is 212 cm³/mol. The molecule has 0 radical (unpaired) electrons. The Morgan fingerprint density at radius 2 is 1.54 bits per heavy atom. The molecule has 4 aromatic rings. The van der Waals surface area contributed by atoms with Crippen molar-refractivity contribution < 1.29 is 43.2 Å². The lowest BCUT2D eigenvalue weighted by Gasteiger charge is -2.27. The molecule has 15 heteroatoms. The predicted octanol–water partition coefficient (Wildman–Crippen LogP) is 4.01. The highest BCUT2D eigenvalue weighted by Crippen LogP contribution is 2.33. The van der Waals surface area contributed by atoms with E-state index in [4.69, 9.17) is 18.9 Å². The van der Waals surface area contributed by atoms with Crippen molar-refractivity contribution in [2.75, 3.05) is 70.0 Å². The number of benzene rings is 2. The second-order valence-electron chi connectivity index (χ2n) is 13.1. The molecule has 4 N–H and O–H groups in total. The zero-order valence-electron chi connectivity index (χ0n) is 31.4. The highest BCUT2D eigenvalue weighted by atomic mass is 16.6. The lowest BCUT2D eigenvalue weighted by Crippen LogP contribution is -2.54. The van der Waals surface area contributed by atoms with Gasteiger partial charge in [0, 0.05) is 60.4 Å². The van der Waals surface area contributed by atoms with Crippen LogP contribution in [-0.4, -0.2) is 115 Å². The summed E-state index contributed by atoms with van der Waals surface area (Å²) in [5, 5.41) is 19.0. The molecular weight excluding hydrogens is 732 g/mol. The van der Waals surface area contributed by atoms with Gasteiger partial charge in [0.05, 0.1) is 64.0 Å². The van der Waals surface area contributed by atoms with Gasteiger partial charge in [0.25, 0.3) is 11.8 Å². The van der Waals surface area contributed by atoms with Gasteiger partial charge in [0.1, 0.15) is 18.1 Å². The largest absolute Gasteiger partial charge is 0.379 e. The third kappa shape index (κ3) is 11.4. The van der Waals surface area contributed by atoms with E-state index in [-0.39, 0.29) is 42.7 Å². The first kappa shape index (κ1) is 40.8. The van der Waals surface area contributed by atoms with Crippen molar-refractivity contribution in [3.05, 3.63) is 108 Å². The van der Waals surface area contributed by atoms with Crippen molar-refractivity contribution in [1.82, 2.24) is 20.2 Å². The lowest BCUT2D eigenvalue weighted by atomic mass is 10.0. The van der Waals surface area contributed by atoms with Gasteiger partial charge in [-0.2, -0.15) is 0 Å². The maximum Gasteiger partial charge on any atom is 0.264 e. The minimum absolute atomic E-state index is 0.0294. The highest BCUT2D eigenvalue weighted by Gasteiger charge is 2.45. The van der Waals surface area contributed by atoms with Crippen molar-refractivity contribution in [2.45, 2.75) is 31.5 Å². The molecule has 1 fully saturated rings. The van der Waals surface area contributed by atoms with Crippen LogP contribution in [0.5, 0.6) is 0 Å². The Labute approximate surface area is 330 Å². The van der Waals surface area contributed by atoms with Crippen molar-refractivity contribution in [1.29, 1.82) is 0 Å². The molecule has 2 aliphatic heterocycles. The van der Waals surface area contributed by atoms with Gasteiger partial charge < -0.3 is 34.7 Å². The number of hydrogen-bond donors (Lipinski definition) is 4. The van der Waals surface area contributed by atoms with Crippen LogP contribution in [0.1, 0.15) is 51.1 Å². The van der Waals surface area contributed by atoms with Gasteiger partial charge in [0.15, 0.2) is 0 Å². The SMILES string of the molecule is O=C1CCC(N2C(=O)c3cccc(NC(O)CCOCCOCCOCCOCCNc4ncc(-c5cccnc5)cc4/C=C/c4ccccc4)c3C2=O)C(=O)N1. The number of ether oxygens (including phenoxy) is 4. The second kappa shape index (κ2) is 20.9. The molecule has 4 heterocycles. The van der Waals surface area contributed by atoms with Gasteiger partial charge >= 0.3 is 0 Å². The van der Waals surface area contributed by atoms with Crippen LogP contribution in [-0.2, 0) is 28.5 Å². The molecule has 298 valence electrons. The summed E-state index contributed by atoms with van der Waals surface area (Å²) in [6.45, 7) is 3.55. The van der Waals surface area contributed by atoms with Crippen LogP contribution >= 0.6 is 0 Å². The van der Waals surface area contributed by atoms with E-state index >= 15 is 0 Å². The maximum atomic E-state index is 13.2. The Morgan fingerprint density at radius 1 is 0.807 bits per heavy atom. The van der Waals surface area contributed by atoms with Crippen molar-refractivity contribution in [3.63, 3.8) is 0 Å². The Hall–Kier alpha value is -5.84. The first-order chi connectivity index (χ1) is 27.9. The molecule has 2 aliphatic rings. The van der Waals surface area contributed by atoms with Crippen LogP contribution in [0.15, 0.2) is 85.3 Å². The van der Waals surface area contributed by atoms with E-state index < -0.39 is 35.9 Å². The van der Waals surface area contributed by atoms with Gasteiger partial charge in [-0.3, -0.25) is 34.4 Å². The number of pyridine rings is 2. The second-order valence-corrected chi connectivity index (χ2v) is 13.1. The molecule has 0 bridgehead atoms. The Kier molecular flexibility index (Phi) is 15.0. The Bertz CT molecular complexity index is 2010. The van der Waals surface area contributed by atoms with Crippen LogP contribution in [0.25, 0.3) is 23.3 Å². The molecule has 2 aromatic heterocycles. The summed E-state index contributed by atoms with van der Waals surface area (Å²) in [6.07, 6.45) is 8.72. The van der Waals surface area contributed by atoms with E-state index in [1.165, 1.54) is 6.07 Å². The van der Waals surface area contributed by atoms with Crippen LogP contribution in [0, 0.1) is 0 Å². The number of rotatable bonds is 22. The van der Waals surface area contributed by atoms with E-state index in [0.717, 1.165) is 33.0 Å².